The van der Waals surface area contributed by atoms with Crippen LogP contribution in [-0.4, -0.2) is 12.1 Å². The van der Waals surface area contributed by atoms with E-state index in [-0.39, 0.29) is 11.5 Å². The first-order valence-corrected chi connectivity index (χ1v) is 7.81. The molecule has 0 aliphatic rings. The normalized spacial score (nSPS) is 12.9. The summed E-state index contributed by atoms with van der Waals surface area (Å²) in [5.74, 6) is 0.0678. The Kier molecular flexibility index (Phi) is 6.36. The topological polar surface area (TPSA) is 35.5 Å². The molecule has 0 atom stereocenters. The highest BCUT2D eigenvalue weighted by Gasteiger charge is 2.21. The molecule has 0 saturated carbocycles. The first-order valence-electron chi connectivity index (χ1n) is 7.81. The van der Waals surface area contributed by atoms with Crippen molar-refractivity contribution in [3.8, 4) is 0 Å². The van der Waals surface area contributed by atoms with E-state index < -0.39 is 5.97 Å². The number of carbonyl (C=O) groups is 1. The van der Waals surface area contributed by atoms with Crippen molar-refractivity contribution in [2.45, 2.75) is 65.9 Å². The predicted molar refractivity (Wildman–Crippen MR) is 89.6 cm³/mol. The predicted octanol–water partition coefficient (Wildman–Crippen LogP) is 4.92. The zero-order valence-corrected chi connectivity index (χ0v) is 14.8. The average molecular weight is 304 g/mol. The maximum atomic E-state index is 11.9. The van der Waals surface area contributed by atoms with E-state index in [1.807, 2.05) is 19.9 Å². The standard InChI is InChI=1S/C19H28O3/c1-13(2)16-8-10-17(11-9-16)19(6,7)12-15(5)18(20)22-21-14(3)4/h8-14H,1-7H3/b15-12-. The van der Waals surface area contributed by atoms with Gasteiger partial charge in [-0.25, -0.2) is 4.79 Å². The zero-order chi connectivity index (χ0) is 16.9. The Morgan fingerprint density at radius 3 is 2.09 bits per heavy atom. The lowest BCUT2D eigenvalue weighted by Crippen LogP contribution is -2.18. The number of hydrogen-bond donors (Lipinski definition) is 0. The van der Waals surface area contributed by atoms with Crippen molar-refractivity contribution in [2.24, 2.45) is 0 Å². The van der Waals surface area contributed by atoms with Crippen molar-refractivity contribution in [3.63, 3.8) is 0 Å². The molecule has 22 heavy (non-hydrogen) atoms. The highest BCUT2D eigenvalue weighted by Crippen LogP contribution is 2.28. The Hall–Kier alpha value is -1.61. The van der Waals surface area contributed by atoms with E-state index in [0.717, 1.165) is 5.56 Å². The lowest BCUT2D eigenvalue weighted by Gasteiger charge is -2.22. The first kappa shape index (κ1) is 18.4. The molecule has 1 aromatic carbocycles. The molecule has 3 heteroatoms. The van der Waals surface area contributed by atoms with Crippen LogP contribution in [-0.2, 0) is 20.0 Å². The van der Waals surface area contributed by atoms with E-state index in [0.29, 0.717) is 11.5 Å². The maximum absolute atomic E-state index is 11.9. The molecule has 3 nitrogen and oxygen atoms in total. The van der Waals surface area contributed by atoms with Crippen LogP contribution in [0.3, 0.4) is 0 Å². The minimum Gasteiger partial charge on any atom is -0.293 e. The van der Waals surface area contributed by atoms with Crippen molar-refractivity contribution in [1.29, 1.82) is 0 Å². The smallest absolute Gasteiger partial charge is 0.293 e. The Bertz CT molecular complexity index is 522. The fourth-order valence-electron chi connectivity index (χ4n) is 2.19. The molecule has 0 unspecified atom stereocenters. The third kappa shape index (κ3) is 5.30. The molecule has 0 radical (unpaired) electrons. The van der Waals surface area contributed by atoms with Crippen molar-refractivity contribution >= 4 is 5.97 Å². The van der Waals surface area contributed by atoms with Crippen LogP contribution in [0.15, 0.2) is 35.9 Å². The summed E-state index contributed by atoms with van der Waals surface area (Å²) >= 11 is 0. The number of rotatable bonds is 6. The van der Waals surface area contributed by atoms with Crippen LogP contribution in [0.25, 0.3) is 0 Å². The third-order valence-electron chi connectivity index (χ3n) is 3.54. The summed E-state index contributed by atoms with van der Waals surface area (Å²) in [6, 6.07) is 8.53. The molecule has 0 bridgehead atoms. The van der Waals surface area contributed by atoms with Crippen LogP contribution in [0.5, 0.6) is 0 Å². The van der Waals surface area contributed by atoms with Gasteiger partial charge < -0.3 is 0 Å². The summed E-state index contributed by atoms with van der Waals surface area (Å²) in [7, 11) is 0. The minimum absolute atomic E-state index is 0.145. The van der Waals surface area contributed by atoms with E-state index in [1.165, 1.54) is 5.56 Å². The molecule has 0 heterocycles. The monoisotopic (exact) mass is 304 g/mol. The first-order chi connectivity index (χ1) is 10.1. The van der Waals surface area contributed by atoms with Gasteiger partial charge in [-0.1, -0.05) is 58.0 Å². The number of allylic oxidation sites excluding steroid dienone is 1. The van der Waals surface area contributed by atoms with Crippen LogP contribution >= 0.6 is 0 Å². The fraction of sp³-hybridized carbons (Fsp3) is 0.526. The molecule has 0 aromatic heterocycles. The van der Waals surface area contributed by atoms with Gasteiger partial charge in [0.1, 0.15) is 0 Å². The van der Waals surface area contributed by atoms with Crippen molar-refractivity contribution < 1.29 is 14.6 Å². The SMILES string of the molecule is C/C(=C/C(C)(C)c1ccc(C(C)C)cc1)C(=O)OOC(C)C. The molecular formula is C19H28O3. The van der Waals surface area contributed by atoms with Crippen LogP contribution in [0, 0.1) is 0 Å². The molecule has 0 N–H and O–H groups in total. The molecule has 0 amide bonds. The third-order valence-corrected chi connectivity index (χ3v) is 3.54. The van der Waals surface area contributed by atoms with Gasteiger partial charge >= 0.3 is 5.97 Å². The van der Waals surface area contributed by atoms with E-state index in [2.05, 4.69) is 52.0 Å². The molecule has 1 aromatic rings. The summed E-state index contributed by atoms with van der Waals surface area (Å²) in [4.78, 5) is 21.6. The van der Waals surface area contributed by atoms with Crippen molar-refractivity contribution in [2.75, 3.05) is 0 Å². The van der Waals surface area contributed by atoms with Crippen molar-refractivity contribution in [3.05, 3.63) is 47.0 Å². The van der Waals surface area contributed by atoms with E-state index in [9.17, 15) is 4.79 Å². The summed E-state index contributed by atoms with van der Waals surface area (Å²) in [5.41, 5.74) is 2.76. The highest BCUT2D eigenvalue weighted by atomic mass is 17.2. The van der Waals surface area contributed by atoms with Gasteiger partial charge in [0.15, 0.2) is 0 Å². The molecular weight excluding hydrogens is 276 g/mol. The fourth-order valence-corrected chi connectivity index (χ4v) is 2.19. The van der Waals surface area contributed by atoms with E-state index in [4.69, 9.17) is 9.78 Å². The second kappa shape index (κ2) is 7.59. The summed E-state index contributed by atoms with van der Waals surface area (Å²) in [5, 5.41) is 0. The Balaban J connectivity index is 2.88. The average Bonchev–Trinajstić information content (AvgIpc) is 2.44. The Morgan fingerprint density at radius 2 is 1.64 bits per heavy atom. The molecule has 122 valence electrons. The molecule has 0 aliphatic heterocycles. The number of carbonyl (C=O) groups excluding carboxylic acids is 1. The molecule has 1 rings (SSSR count). The maximum Gasteiger partial charge on any atom is 0.368 e. The Morgan fingerprint density at radius 1 is 1.09 bits per heavy atom. The van der Waals surface area contributed by atoms with Gasteiger partial charge in [-0.3, -0.25) is 4.89 Å². The highest BCUT2D eigenvalue weighted by molar-refractivity contribution is 5.87. The molecule has 0 aliphatic carbocycles. The van der Waals surface area contributed by atoms with Gasteiger partial charge in [0.25, 0.3) is 0 Å². The van der Waals surface area contributed by atoms with Gasteiger partial charge in [0.05, 0.1) is 6.10 Å². The summed E-state index contributed by atoms with van der Waals surface area (Å²) < 4.78 is 0. The second-order valence-corrected chi connectivity index (χ2v) is 6.84. The molecule has 0 saturated heterocycles. The summed E-state index contributed by atoms with van der Waals surface area (Å²) in [6.07, 6.45) is 1.77. The van der Waals surface area contributed by atoms with Crippen molar-refractivity contribution in [1.82, 2.24) is 0 Å². The molecule has 0 spiro atoms. The van der Waals surface area contributed by atoms with E-state index >= 15 is 0 Å². The zero-order valence-electron chi connectivity index (χ0n) is 14.8. The second-order valence-electron chi connectivity index (χ2n) is 6.84. The van der Waals surface area contributed by atoms with Gasteiger partial charge in [-0.2, -0.15) is 4.89 Å². The number of hydrogen-bond acceptors (Lipinski definition) is 3. The number of benzene rings is 1. The quantitative estimate of drug-likeness (QED) is 0.425. The van der Waals surface area contributed by atoms with Crippen LogP contribution in [0.1, 0.15) is 65.5 Å². The lowest BCUT2D eigenvalue weighted by molar-refractivity contribution is -0.287. The molecule has 0 fully saturated rings. The van der Waals surface area contributed by atoms with Crippen LogP contribution in [0.4, 0.5) is 0 Å². The van der Waals surface area contributed by atoms with Crippen LogP contribution < -0.4 is 0 Å². The summed E-state index contributed by atoms with van der Waals surface area (Å²) in [6.45, 7) is 13.9. The van der Waals surface area contributed by atoms with E-state index in [1.54, 1.807) is 6.92 Å². The van der Waals surface area contributed by atoms with Gasteiger partial charge in [0.2, 0.25) is 0 Å². The minimum atomic E-state index is -0.444. The van der Waals surface area contributed by atoms with Gasteiger partial charge in [0, 0.05) is 11.0 Å². The Labute approximate surface area is 134 Å². The largest absolute Gasteiger partial charge is 0.368 e. The van der Waals surface area contributed by atoms with Gasteiger partial charge in [-0.15, -0.1) is 0 Å². The van der Waals surface area contributed by atoms with Crippen LogP contribution in [0.2, 0.25) is 0 Å². The van der Waals surface area contributed by atoms with Gasteiger partial charge in [-0.05, 0) is 37.8 Å². The lowest BCUT2D eigenvalue weighted by atomic mass is 9.82.